The molecule has 0 saturated heterocycles. The van der Waals surface area contributed by atoms with Crippen LogP contribution in [0.15, 0.2) is 48.6 Å². The van der Waals surface area contributed by atoms with Crippen molar-refractivity contribution in [3.8, 4) is 5.75 Å². The van der Waals surface area contributed by atoms with Gasteiger partial charge in [-0.25, -0.2) is 0 Å². The van der Waals surface area contributed by atoms with Crippen molar-refractivity contribution in [2.45, 2.75) is 18.4 Å². The molecule has 1 heterocycles. The zero-order valence-corrected chi connectivity index (χ0v) is 14.4. The molecular weight excluding hydrogens is 340 g/mol. The topological polar surface area (TPSA) is 64.4 Å². The van der Waals surface area contributed by atoms with E-state index in [1.165, 1.54) is 13.2 Å². The van der Waals surface area contributed by atoms with Crippen LogP contribution in [0.5, 0.6) is 5.75 Å². The van der Waals surface area contributed by atoms with Gasteiger partial charge in [-0.2, -0.15) is 0 Å². The maximum atomic E-state index is 11.3. The lowest BCUT2D eigenvalue weighted by Crippen LogP contribution is -2.29. The summed E-state index contributed by atoms with van der Waals surface area (Å²) in [5, 5.41) is 15.5. The van der Waals surface area contributed by atoms with Gasteiger partial charge in [0.1, 0.15) is 5.75 Å². The van der Waals surface area contributed by atoms with Gasteiger partial charge >= 0.3 is 0 Å². The van der Waals surface area contributed by atoms with Gasteiger partial charge in [-0.15, -0.1) is 0 Å². The van der Waals surface area contributed by atoms with Gasteiger partial charge in [0.2, 0.25) is 0 Å². The molecular formula is C19H17ClN2O3. The van der Waals surface area contributed by atoms with E-state index in [1.54, 1.807) is 6.07 Å². The molecule has 3 atom stereocenters. The van der Waals surface area contributed by atoms with E-state index in [1.807, 2.05) is 24.3 Å². The van der Waals surface area contributed by atoms with Crippen LogP contribution in [0.3, 0.4) is 0 Å². The van der Waals surface area contributed by atoms with E-state index in [0.29, 0.717) is 5.75 Å². The molecule has 0 bridgehead atoms. The molecule has 0 saturated carbocycles. The summed E-state index contributed by atoms with van der Waals surface area (Å²) in [7, 11) is 1.53. The Balaban J connectivity index is 1.87. The number of nitrogens with zero attached hydrogens (tertiary/aromatic N) is 1. The molecule has 2 aromatic carbocycles. The minimum absolute atomic E-state index is 0.0246. The van der Waals surface area contributed by atoms with Crippen LogP contribution in [-0.2, 0) is 0 Å². The van der Waals surface area contributed by atoms with Crippen LogP contribution in [0.1, 0.15) is 29.5 Å². The molecule has 4 rings (SSSR count). The van der Waals surface area contributed by atoms with Crippen LogP contribution in [0.25, 0.3) is 0 Å². The second kappa shape index (κ2) is 6.08. The third-order valence-corrected chi connectivity index (χ3v) is 5.43. The molecule has 25 heavy (non-hydrogen) atoms. The summed E-state index contributed by atoms with van der Waals surface area (Å²) in [6.45, 7) is 0. The molecule has 1 N–H and O–H groups in total. The number of nitro groups is 1. The predicted molar refractivity (Wildman–Crippen MR) is 97.5 cm³/mol. The number of anilines is 1. The number of halogens is 1. The van der Waals surface area contributed by atoms with Crippen LogP contribution in [-0.4, -0.2) is 12.0 Å². The lowest BCUT2D eigenvalue weighted by Gasteiger charge is -2.38. The first-order chi connectivity index (χ1) is 12.1. The summed E-state index contributed by atoms with van der Waals surface area (Å²) in [6.07, 6.45) is 5.18. The van der Waals surface area contributed by atoms with Crippen LogP contribution in [0.4, 0.5) is 11.4 Å². The molecule has 1 aliphatic carbocycles. The number of hydrogen-bond donors (Lipinski definition) is 1. The Morgan fingerprint density at radius 2 is 2.08 bits per heavy atom. The summed E-state index contributed by atoms with van der Waals surface area (Å²) in [4.78, 5) is 10.9. The number of benzene rings is 2. The minimum Gasteiger partial charge on any atom is -0.494 e. The minimum atomic E-state index is -0.378. The average molecular weight is 357 g/mol. The number of rotatable bonds is 3. The number of hydrogen-bond acceptors (Lipinski definition) is 4. The number of ether oxygens (including phenoxy) is 1. The van der Waals surface area contributed by atoms with Crippen molar-refractivity contribution < 1.29 is 9.66 Å². The molecule has 5 nitrogen and oxygen atoms in total. The van der Waals surface area contributed by atoms with Crippen molar-refractivity contribution >= 4 is 23.0 Å². The second-order valence-electron chi connectivity index (χ2n) is 6.37. The molecule has 6 heteroatoms. The van der Waals surface area contributed by atoms with Crippen LogP contribution in [0.2, 0.25) is 5.02 Å². The third-order valence-electron chi connectivity index (χ3n) is 5.09. The van der Waals surface area contributed by atoms with Crippen LogP contribution >= 0.6 is 11.6 Å². The van der Waals surface area contributed by atoms with E-state index in [-0.39, 0.29) is 28.5 Å². The Hall–Kier alpha value is -2.53. The summed E-state index contributed by atoms with van der Waals surface area (Å²) in [5.41, 5.74) is 2.81. The van der Waals surface area contributed by atoms with E-state index in [4.69, 9.17) is 16.3 Å². The zero-order chi connectivity index (χ0) is 17.6. The summed E-state index contributed by atoms with van der Waals surface area (Å²) in [6, 6.07) is 10.9. The number of allylic oxidation sites excluding steroid dienone is 2. The molecule has 2 aliphatic rings. The molecule has 1 aliphatic heterocycles. The molecule has 0 aromatic heterocycles. The predicted octanol–water partition coefficient (Wildman–Crippen LogP) is 5.08. The normalized spacial score (nSPS) is 23.5. The molecule has 0 unspecified atom stereocenters. The third kappa shape index (κ3) is 2.55. The van der Waals surface area contributed by atoms with Crippen molar-refractivity contribution in [2.75, 3.05) is 12.4 Å². The van der Waals surface area contributed by atoms with Gasteiger partial charge in [0, 0.05) is 17.0 Å². The fourth-order valence-corrected chi connectivity index (χ4v) is 4.21. The van der Waals surface area contributed by atoms with Gasteiger partial charge in [0.25, 0.3) is 5.69 Å². The quantitative estimate of drug-likeness (QED) is 0.473. The van der Waals surface area contributed by atoms with Crippen molar-refractivity contribution in [3.05, 3.63) is 74.8 Å². The van der Waals surface area contributed by atoms with Gasteiger partial charge in [0.05, 0.1) is 29.8 Å². The summed E-state index contributed by atoms with van der Waals surface area (Å²) < 4.78 is 5.44. The van der Waals surface area contributed by atoms with E-state index in [2.05, 4.69) is 17.5 Å². The zero-order valence-electron chi connectivity index (χ0n) is 13.6. The summed E-state index contributed by atoms with van der Waals surface area (Å²) >= 11 is 6.43. The van der Waals surface area contributed by atoms with Gasteiger partial charge in [-0.05, 0) is 29.5 Å². The monoisotopic (exact) mass is 356 g/mol. The van der Waals surface area contributed by atoms with E-state index in [9.17, 15) is 10.1 Å². The Kier molecular flexibility index (Phi) is 3.88. The molecule has 0 spiro atoms. The molecule has 0 radical (unpaired) electrons. The largest absolute Gasteiger partial charge is 0.494 e. The molecule has 0 fully saturated rings. The SMILES string of the molecule is COc1cc([N+](=O)[O-])cc2c1N[C@H](c1ccccc1Cl)[C@H]1CC=C[C@H]21. The number of non-ortho nitro benzene ring substituents is 1. The lowest BCUT2D eigenvalue weighted by atomic mass is 9.76. The van der Waals surface area contributed by atoms with E-state index < -0.39 is 0 Å². The van der Waals surface area contributed by atoms with Crippen molar-refractivity contribution in [1.82, 2.24) is 0 Å². The van der Waals surface area contributed by atoms with Crippen molar-refractivity contribution in [1.29, 1.82) is 0 Å². The van der Waals surface area contributed by atoms with Crippen LogP contribution in [0, 0.1) is 16.0 Å². The Morgan fingerprint density at radius 1 is 1.28 bits per heavy atom. The van der Waals surface area contributed by atoms with Gasteiger partial charge < -0.3 is 10.1 Å². The standard InChI is InChI=1S/C19H17ClN2O3/c1-25-17-10-11(22(23)24)9-15-12-6-4-7-13(12)18(21-19(15)17)14-5-2-3-8-16(14)20/h2-6,8-10,12-13,18,21H,7H2,1H3/t12-,13-,18-/m0/s1. The maximum Gasteiger partial charge on any atom is 0.273 e. The highest BCUT2D eigenvalue weighted by Crippen LogP contribution is 2.53. The number of methoxy groups -OCH3 is 1. The van der Waals surface area contributed by atoms with Crippen molar-refractivity contribution in [2.24, 2.45) is 5.92 Å². The fraction of sp³-hybridized carbons (Fsp3) is 0.263. The van der Waals surface area contributed by atoms with Crippen LogP contribution < -0.4 is 10.1 Å². The summed E-state index contributed by atoms with van der Waals surface area (Å²) in [5.74, 6) is 0.852. The highest BCUT2D eigenvalue weighted by Gasteiger charge is 2.40. The number of nitrogens with one attached hydrogen (secondary N) is 1. The van der Waals surface area contributed by atoms with E-state index >= 15 is 0 Å². The lowest BCUT2D eigenvalue weighted by molar-refractivity contribution is -0.385. The smallest absolute Gasteiger partial charge is 0.273 e. The van der Waals surface area contributed by atoms with Crippen molar-refractivity contribution in [3.63, 3.8) is 0 Å². The maximum absolute atomic E-state index is 11.3. The average Bonchev–Trinajstić information content (AvgIpc) is 3.10. The Morgan fingerprint density at radius 3 is 2.80 bits per heavy atom. The van der Waals surface area contributed by atoms with Gasteiger partial charge in [-0.1, -0.05) is 42.0 Å². The Bertz CT molecular complexity index is 881. The molecule has 2 aromatic rings. The molecule has 0 amide bonds. The first-order valence-electron chi connectivity index (χ1n) is 8.14. The first-order valence-corrected chi connectivity index (χ1v) is 8.52. The Labute approximate surface area is 150 Å². The van der Waals surface area contributed by atoms with E-state index in [0.717, 1.165) is 28.3 Å². The number of fused-ring (bicyclic) bond motifs is 3. The first kappa shape index (κ1) is 16.0. The highest BCUT2D eigenvalue weighted by molar-refractivity contribution is 6.31. The number of nitro benzene ring substituents is 1. The second-order valence-corrected chi connectivity index (χ2v) is 6.77. The van der Waals surface area contributed by atoms with Gasteiger partial charge in [-0.3, -0.25) is 10.1 Å². The molecule has 128 valence electrons. The van der Waals surface area contributed by atoms with Gasteiger partial charge in [0.15, 0.2) is 0 Å². The highest BCUT2D eigenvalue weighted by atomic mass is 35.5. The fourth-order valence-electron chi connectivity index (χ4n) is 3.95.